The molecule has 2 saturated heterocycles. The fourth-order valence-electron chi connectivity index (χ4n) is 2.73. The number of carbonyl (C=O) groups is 1. The number of ether oxygens (including phenoxy) is 2. The summed E-state index contributed by atoms with van der Waals surface area (Å²) in [6, 6.07) is 0. The predicted molar refractivity (Wildman–Crippen MR) is 60.1 cm³/mol. The van der Waals surface area contributed by atoms with Crippen LogP contribution in [0.1, 0.15) is 19.8 Å². The van der Waals surface area contributed by atoms with Crippen LogP contribution in [0.2, 0.25) is 0 Å². The van der Waals surface area contributed by atoms with Crippen LogP contribution in [0, 0.1) is 11.3 Å². The minimum absolute atomic E-state index is 0.0541. The lowest BCUT2D eigenvalue weighted by molar-refractivity contribution is -0.201. The molecular formula is C12H21NO3. The molecule has 0 N–H and O–H groups in total. The molecule has 0 aromatic heterocycles. The smallest absolute Gasteiger partial charge is 0.317 e. The number of nitrogens with zero attached hydrogens (tertiary/aromatic N) is 1. The number of rotatable bonds is 3. The van der Waals surface area contributed by atoms with E-state index in [4.69, 9.17) is 9.47 Å². The number of hydrogen-bond donors (Lipinski definition) is 0. The molecule has 0 radical (unpaired) electrons. The molecule has 2 heterocycles. The Labute approximate surface area is 96.9 Å². The van der Waals surface area contributed by atoms with E-state index < -0.39 is 0 Å². The highest BCUT2D eigenvalue weighted by molar-refractivity contribution is 5.78. The van der Waals surface area contributed by atoms with E-state index in [-0.39, 0.29) is 11.4 Å². The summed E-state index contributed by atoms with van der Waals surface area (Å²) in [4.78, 5) is 14.3. The Hall–Kier alpha value is -0.610. The standard InChI is InChI=1S/C12H21NO3/c1-3-16-11(14)12(8-15-9-12)10-5-4-6-13(2)7-10/h10H,3-9H2,1-2H3. The molecule has 1 atom stereocenters. The second kappa shape index (κ2) is 4.72. The lowest BCUT2D eigenvalue weighted by atomic mass is 9.70. The molecule has 2 rings (SSSR count). The largest absolute Gasteiger partial charge is 0.465 e. The van der Waals surface area contributed by atoms with E-state index in [1.165, 1.54) is 6.42 Å². The molecule has 2 aliphatic heterocycles. The van der Waals surface area contributed by atoms with Crippen LogP contribution in [0.5, 0.6) is 0 Å². The minimum Gasteiger partial charge on any atom is -0.465 e. The molecule has 2 fully saturated rings. The Morgan fingerprint density at radius 2 is 2.31 bits per heavy atom. The molecule has 16 heavy (non-hydrogen) atoms. The van der Waals surface area contributed by atoms with E-state index in [9.17, 15) is 4.79 Å². The minimum atomic E-state index is -0.343. The van der Waals surface area contributed by atoms with Gasteiger partial charge in [0.2, 0.25) is 0 Å². The Balaban J connectivity index is 2.05. The van der Waals surface area contributed by atoms with Gasteiger partial charge in [0.05, 0.1) is 19.8 Å². The monoisotopic (exact) mass is 227 g/mol. The maximum atomic E-state index is 12.0. The van der Waals surface area contributed by atoms with Gasteiger partial charge in [-0.25, -0.2) is 0 Å². The molecule has 0 saturated carbocycles. The van der Waals surface area contributed by atoms with Crippen molar-refractivity contribution in [1.29, 1.82) is 0 Å². The van der Waals surface area contributed by atoms with E-state index in [0.29, 0.717) is 25.7 Å². The van der Waals surface area contributed by atoms with Crippen molar-refractivity contribution >= 4 is 5.97 Å². The molecule has 0 amide bonds. The third kappa shape index (κ3) is 1.96. The van der Waals surface area contributed by atoms with E-state index in [0.717, 1.165) is 19.5 Å². The van der Waals surface area contributed by atoms with Gasteiger partial charge in [-0.05, 0) is 39.3 Å². The highest BCUT2D eigenvalue weighted by Gasteiger charge is 2.53. The first-order valence-corrected chi connectivity index (χ1v) is 6.12. The zero-order valence-corrected chi connectivity index (χ0v) is 10.2. The zero-order valence-electron chi connectivity index (χ0n) is 10.2. The maximum Gasteiger partial charge on any atom is 0.317 e. The van der Waals surface area contributed by atoms with Crippen molar-refractivity contribution in [1.82, 2.24) is 4.90 Å². The average Bonchev–Trinajstić information content (AvgIpc) is 2.16. The number of likely N-dealkylation sites (tertiary alicyclic amines) is 1. The number of carbonyl (C=O) groups excluding carboxylic acids is 1. The number of hydrogen-bond acceptors (Lipinski definition) is 4. The second-order valence-electron chi connectivity index (χ2n) is 4.97. The van der Waals surface area contributed by atoms with E-state index in [1.54, 1.807) is 0 Å². The quantitative estimate of drug-likeness (QED) is 0.672. The van der Waals surface area contributed by atoms with Gasteiger partial charge < -0.3 is 14.4 Å². The first-order valence-electron chi connectivity index (χ1n) is 6.12. The summed E-state index contributed by atoms with van der Waals surface area (Å²) in [5, 5.41) is 0. The molecule has 0 bridgehead atoms. The Morgan fingerprint density at radius 3 is 2.81 bits per heavy atom. The summed E-state index contributed by atoms with van der Waals surface area (Å²) in [5.74, 6) is 0.348. The van der Waals surface area contributed by atoms with Crippen LogP contribution in [0.4, 0.5) is 0 Å². The molecule has 0 aromatic rings. The van der Waals surface area contributed by atoms with Crippen LogP contribution in [0.3, 0.4) is 0 Å². The lowest BCUT2D eigenvalue weighted by Crippen LogP contribution is -2.58. The van der Waals surface area contributed by atoms with Gasteiger partial charge in [0.25, 0.3) is 0 Å². The summed E-state index contributed by atoms with van der Waals surface area (Å²) < 4.78 is 10.5. The van der Waals surface area contributed by atoms with Gasteiger partial charge in [0, 0.05) is 6.54 Å². The molecule has 4 heteroatoms. The summed E-state index contributed by atoms with van der Waals surface area (Å²) >= 11 is 0. The number of esters is 1. The van der Waals surface area contributed by atoms with Crippen molar-refractivity contribution in [3.05, 3.63) is 0 Å². The van der Waals surface area contributed by atoms with Gasteiger partial charge in [0.1, 0.15) is 5.41 Å². The molecule has 92 valence electrons. The van der Waals surface area contributed by atoms with E-state index in [2.05, 4.69) is 11.9 Å². The summed E-state index contributed by atoms with van der Waals surface area (Å²) in [6.45, 7) is 5.54. The molecule has 4 nitrogen and oxygen atoms in total. The Morgan fingerprint density at radius 1 is 1.56 bits per heavy atom. The zero-order chi connectivity index (χ0) is 11.6. The molecule has 0 aliphatic carbocycles. The van der Waals surface area contributed by atoms with Gasteiger partial charge in [-0.3, -0.25) is 4.79 Å². The van der Waals surface area contributed by atoms with Gasteiger partial charge in [-0.15, -0.1) is 0 Å². The Kier molecular flexibility index (Phi) is 3.50. The van der Waals surface area contributed by atoms with Crippen LogP contribution in [-0.2, 0) is 14.3 Å². The van der Waals surface area contributed by atoms with Crippen LogP contribution in [-0.4, -0.2) is 50.8 Å². The number of piperidine rings is 1. The third-order valence-electron chi connectivity index (χ3n) is 3.81. The predicted octanol–water partition coefficient (Wildman–Crippen LogP) is 0.908. The third-order valence-corrected chi connectivity index (χ3v) is 3.81. The fourth-order valence-corrected chi connectivity index (χ4v) is 2.73. The first kappa shape index (κ1) is 11.9. The van der Waals surface area contributed by atoms with Crippen molar-refractivity contribution in [3.8, 4) is 0 Å². The van der Waals surface area contributed by atoms with Crippen molar-refractivity contribution in [2.45, 2.75) is 19.8 Å². The van der Waals surface area contributed by atoms with Gasteiger partial charge in [-0.2, -0.15) is 0 Å². The Bertz CT molecular complexity index is 263. The van der Waals surface area contributed by atoms with Crippen molar-refractivity contribution in [2.75, 3.05) is 40.0 Å². The van der Waals surface area contributed by atoms with Crippen molar-refractivity contribution in [2.24, 2.45) is 11.3 Å². The lowest BCUT2D eigenvalue weighted by Gasteiger charge is -2.47. The molecule has 1 unspecified atom stereocenters. The average molecular weight is 227 g/mol. The SMILES string of the molecule is CCOC(=O)C1(C2CCCN(C)C2)COC1. The van der Waals surface area contributed by atoms with Crippen LogP contribution in [0.25, 0.3) is 0 Å². The highest BCUT2D eigenvalue weighted by Crippen LogP contribution is 2.41. The van der Waals surface area contributed by atoms with Gasteiger partial charge in [0.15, 0.2) is 0 Å². The first-order chi connectivity index (χ1) is 7.69. The van der Waals surface area contributed by atoms with Gasteiger partial charge in [-0.1, -0.05) is 0 Å². The molecular weight excluding hydrogens is 206 g/mol. The van der Waals surface area contributed by atoms with Crippen LogP contribution in [0.15, 0.2) is 0 Å². The van der Waals surface area contributed by atoms with Crippen LogP contribution >= 0.6 is 0 Å². The van der Waals surface area contributed by atoms with Crippen molar-refractivity contribution < 1.29 is 14.3 Å². The normalized spacial score (nSPS) is 29.5. The highest BCUT2D eigenvalue weighted by atomic mass is 16.6. The fraction of sp³-hybridized carbons (Fsp3) is 0.917. The summed E-state index contributed by atoms with van der Waals surface area (Å²) in [7, 11) is 2.12. The molecule has 0 spiro atoms. The van der Waals surface area contributed by atoms with E-state index in [1.807, 2.05) is 6.92 Å². The molecule has 2 aliphatic rings. The van der Waals surface area contributed by atoms with Gasteiger partial charge >= 0.3 is 5.97 Å². The summed E-state index contributed by atoms with van der Waals surface area (Å²) in [5.41, 5.74) is -0.343. The second-order valence-corrected chi connectivity index (χ2v) is 4.97. The van der Waals surface area contributed by atoms with Crippen LogP contribution < -0.4 is 0 Å². The topological polar surface area (TPSA) is 38.8 Å². The van der Waals surface area contributed by atoms with E-state index >= 15 is 0 Å². The maximum absolute atomic E-state index is 12.0. The molecule has 0 aromatic carbocycles. The van der Waals surface area contributed by atoms with Crippen molar-refractivity contribution in [3.63, 3.8) is 0 Å². The summed E-state index contributed by atoms with van der Waals surface area (Å²) in [6.07, 6.45) is 2.29.